The Bertz CT molecular complexity index is 1400. The van der Waals surface area contributed by atoms with Gasteiger partial charge in [-0.1, -0.05) is 29.8 Å². The van der Waals surface area contributed by atoms with Gasteiger partial charge in [-0.05, 0) is 94.1 Å². The molecular formula is C33H43ClFN7O2. The van der Waals surface area contributed by atoms with Crippen molar-refractivity contribution in [2.24, 2.45) is 23.2 Å². The number of carbonyl (C=O) groups is 1. The quantitative estimate of drug-likeness (QED) is 0.320. The molecule has 44 heavy (non-hydrogen) atoms. The zero-order chi connectivity index (χ0) is 31.1. The van der Waals surface area contributed by atoms with E-state index in [1.165, 1.54) is 24.2 Å². The molecule has 0 spiro atoms. The summed E-state index contributed by atoms with van der Waals surface area (Å²) in [6.45, 7) is 7.29. The second kappa shape index (κ2) is 12.3. The van der Waals surface area contributed by atoms with Gasteiger partial charge in [0.05, 0.1) is 12.7 Å². The van der Waals surface area contributed by atoms with Crippen molar-refractivity contribution in [1.82, 2.24) is 20.2 Å². The highest BCUT2D eigenvalue weighted by atomic mass is 35.5. The number of benzene rings is 1. The molecule has 2 heterocycles. The van der Waals surface area contributed by atoms with Crippen LogP contribution in [0.4, 0.5) is 21.0 Å². The van der Waals surface area contributed by atoms with Crippen LogP contribution in [0.15, 0.2) is 30.5 Å². The maximum Gasteiger partial charge on any atom is 0.410 e. The van der Waals surface area contributed by atoms with Crippen LogP contribution >= 0.6 is 11.6 Å². The molecule has 1 aliphatic heterocycles. The average molecular weight is 624 g/mol. The van der Waals surface area contributed by atoms with Crippen LogP contribution in [0, 0.1) is 34.5 Å². The number of alkyl halides is 1. The van der Waals surface area contributed by atoms with E-state index in [0.29, 0.717) is 65.7 Å². The maximum atomic E-state index is 15.4. The molecule has 1 amide bonds. The largest absolute Gasteiger partial charge is 0.444 e. The molecule has 2 aromatic rings. The molecular weight excluding hydrogens is 581 g/mol. The molecule has 11 heteroatoms. The summed E-state index contributed by atoms with van der Waals surface area (Å²) in [5, 5.41) is 20.9. The van der Waals surface area contributed by atoms with Gasteiger partial charge in [-0.25, -0.2) is 14.2 Å². The van der Waals surface area contributed by atoms with Gasteiger partial charge in [-0.15, -0.1) is 0 Å². The normalized spacial score (nSPS) is 31.0. The van der Waals surface area contributed by atoms with Crippen LogP contribution < -0.4 is 16.0 Å². The molecule has 1 saturated heterocycles. The number of ether oxygens (including phenoxy) is 1. The van der Waals surface area contributed by atoms with Crippen molar-refractivity contribution in [3.05, 3.63) is 46.6 Å². The third-order valence-electron chi connectivity index (χ3n) is 9.93. The molecule has 3 N–H and O–H groups in total. The van der Waals surface area contributed by atoms with E-state index in [2.05, 4.69) is 32.0 Å². The SMILES string of the molecule is CC(C)(C)OC(=O)N1CCC(NC2[C@@H]3CC4C[C@H]2CC(CNc2nc(NCc5ccccc5Cl)ncc2C#N)(C4)C3)C(F)C1. The van der Waals surface area contributed by atoms with Crippen LogP contribution in [0.25, 0.3) is 0 Å². The monoisotopic (exact) mass is 623 g/mol. The lowest BCUT2D eigenvalue weighted by Gasteiger charge is -2.61. The predicted molar refractivity (Wildman–Crippen MR) is 168 cm³/mol. The molecule has 5 fully saturated rings. The molecule has 5 aliphatic rings. The summed E-state index contributed by atoms with van der Waals surface area (Å²) in [5.41, 5.74) is 0.904. The van der Waals surface area contributed by atoms with Crippen LogP contribution in [0.2, 0.25) is 5.02 Å². The molecule has 1 aromatic heterocycles. The van der Waals surface area contributed by atoms with E-state index in [1.54, 1.807) is 6.20 Å². The highest BCUT2D eigenvalue weighted by molar-refractivity contribution is 6.31. The minimum atomic E-state index is -1.12. The van der Waals surface area contributed by atoms with Gasteiger partial charge >= 0.3 is 6.09 Å². The van der Waals surface area contributed by atoms with E-state index >= 15 is 4.39 Å². The summed E-state index contributed by atoms with van der Waals surface area (Å²) >= 11 is 6.30. The Morgan fingerprint density at radius 1 is 1.20 bits per heavy atom. The summed E-state index contributed by atoms with van der Waals surface area (Å²) in [7, 11) is 0. The van der Waals surface area contributed by atoms with Crippen molar-refractivity contribution in [3.8, 4) is 6.07 Å². The van der Waals surface area contributed by atoms with E-state index < -0.39 is 17.9 Å². The van der Waals surface area contributed by atoms with Gasteiger partial charge in [0.25, 0.3) is 0 Å². The first kappa shape index (κ1) is 30.8. The van der Waals surface area contributed by atoms with Crippen molar-refractivity contribution in [2.75, 3.05) is 30.3 Å². The molecule has 7 rings (SSSR count). The van der Waals surface area contributed by atoms with Gasteiger partial charge in [0.15, 0.2) is 0 Å². The van der Waals surface area contributed by atoms with Crippen molar-refractivity contribution < 1.29 is 13.9 Å². The fourth-order valence-electron chi connectivity index (χ4n) is 8.28. The van der Waals surface area contributed by atoms with Gasteiger partial charge in [-0.3, -0.25) is 0 Å². The summed E-state index contributed by atoms with van der Waals surface area (Å²) in [6.07, 6.45) is 6.26. The third kappa shape index (κ3) is 6.74. The highest BCUT2D eigenvalue weighted by Crippen LogP contribution is 2.60. The van der Waals surface area contributed by atoms with Crippen molar-refractivity contribution in [2.45, 2.75) is 89.7 Å². The molecule has 4 aliphatic carbocycles. The van der Waals surface area contributed by atoms with E-state index in [9.17, 15) is 10.1 Å². The van der Waals surface area contributed by atoms with Crippen LogP contribution in [0.5, 0.6) is 0 Å². The number of hydrogen-bond acceptors (Lipinski definition) is 8. The van der Waals surface area contributed by atoms with Gasteiger partial charge in [0.2, 0.25) is 5.95 Å². The molecule has 0 radical (unpaired) electrons. The van der Waals surface area contributed by atoms with Crippen LogP contribution in [-0.2, 0) is 11.3 Å². The maximum absolute atomic E-state index is 15.4. The number of likely N-dealkylation sites (tertiary alicyclic amines) is 1. The van der Waals surface area contributed by atoms with Gasteiger partial charge in [0.1, 0.15) is 29.2 Å². The molecule has 1 aromatic carbocycles. The summed E-state index contributed by atoms with van der Waals surface area (Å²) in [4.78, 5) is 23.0. The standard InChI is InChI=1S/C33H43ClFN7O2/c1-32(2,3)44-31(43)42-9-8-27(26(35)18-42)40-28-22-10-20-11-23(28)14-33(12-20,13-22)19-39-29-24(15-36)17-38-30(41-29)37-16-21-6-4-5-7-25(21)34/h4-7,17,20,22-23,26-28,40H,8-14,16,18-19H2,1-3H3,(H2,37,38,39,41)/t20?,22-,23+,26?,27?,28?,33?. The number of carbonyl (C=O) groups excluding carboxylic acids is 1. The lowest BCUT2D eigenvalue weighted by Crippen LogP contribution is -2.63. The number of anilines is 2. The first-order valence-electron chi connectivity index (χ1n) is 15.9. The Kier molecular flexibility index (Phi) is 8.64. The molecule has 7 atom stereocenters. The van der Waals surface area contributed by atoms with Gasteiger partial charge in [0, 0.05) is 36.7 Å². The second-order valence-electron chi connectivity index (χ2n) is 14.4. The lowest BCUT2D eigenvalue weighted by atomic mass is 9.48. The van der Waals surface area contributed by atoms with Gasteiger partial charge in [-0.2, -0.15) is 10.2 Å². The summed E-state index contributed by atoms with van der Waals surface area (Å²) in [6, 6.07) is 9.91. The van der Waals surface area contributed by atoms with Crippen LogP contribution in [0.3, 0.4) is 0 Å². The molecule has 9 nitrogen and oxygen atoms in total. The van der Waals surface area contributed by atoms with E-state index in [1.807, 2.05) is 45.0 Å². The number of nitrogens with zero attached hydrogens (tertiary/aromatic N) is 4. The summed E-state index contributed by atoms with van der Waals surface area (Å²) < 4.78 is 20.9. The number of nitriles is 1. The number of amides is 1. The molecule has 5 unspecified atom stereocenters. The third-order valence-corrected chi connectivity index (χ3v) is 10.3. The minimum absolute atomic E-state index is 0.0699. The van der Waals surface area contributed by atoms with Crippen molar-refractivity contribution in [1.29, 1.82) is 5.26 Å². The number of halogens is 2. The molecule has 4 saturated carbocycles. The van der Waals surface area contributed by atoms with Crippen molar-refractivity contribution >= 4 is 29.5 Å². The van der Waals surface area contributed by atoms with E-state index in [0.717, 1.165) is 24.9 Å². The topological polar surface area (TPSA) is 115 Å². The number of nitrogens with one attached hydrogen (secondary N) is 3. The number of hydrogen-bond donors (Lipinski definition) is 3. The number of aromatic nitrogens is 2. The first-order chi connectivity index (χ1) is 21.0. The Balaban J connectivity index is 1.06. The van der Waals surface area contributed by atoms with Crippen LogP contribution in [-0.4, -0.2) is 64.5 Å². The highest BCUT2D eigenvalue weighted by Gasteiger charge is 2.55. The van der Waals surface area contributed by atoms with E-state index in [-0.39, 0.29) is 18.0 Å². The van der Waals surface area contributed by atoms with Gasteiger partial charge < -0.3 is 25.6 Å². The Labute approximate surface area is 264 Å². The Morgan fingerprint density at radius 3 is 2.64 bits per heavy atom. The van der Waals surface area contributed by atoms with Crippen molar-refractivity contribution in [3.63, 3.8) is 0 Å². The van der Waals surface area contributed by atoms with E-state index in [4.69, 9.17) is 16.3 Å². The zero-order valence-corrected chi connectivity index (χ0v) is 26.5. The average Bonchev–Trinajstić information content (AvgIpc) is 2.97. The number of piperidine rings is 1. The zero-order valence-electron chi connectivity index (χ0n) is 25.8. The Morgan fingerprint density at radius 2 is 1.95 bits per heavy atom. The number of rotatable bonds is 8. The smallest absolute Gasteiger partial charge is 0.410 e. The predicted octanol–water partition coefficient (Wildman–Crippen LogP) is 6.16. The molecule has 236 valence electrons. The molecule has 4 bridgehead atoms. The Hall–Kier alpha value is -3.16. The second-order valence-corrected chi connectivity index (χ2v) is 14.8. The fourth-order valence-corrected chi connectivity index (χ4v) is 8.49. The first-order valence-corrected chi connectivity index (χ1v) is 16.2. The summed E-state index contributed by atoms with van der Waals surface area (Å²) in [5.74, 6) is 2.66. The van der Waals surface area contributed by atoms with Crippen LogP contribution in [0.1, 0.15) is 70.4 Å². The fraction of sp³-hybridized carbons (Fsp3) is 0.636. The lowest BCUT2D eigenvalue weighted by molar-refractivity contribution is -0.0767. The minimum Gasteiger partial charge on any atom is -0.444 e.